The molecule has 0 saturated heterocycles. The molecule has 1 aliphatic rings. The van der Waals surface area contributed by atoms with Crippen LogP contribution in [0.3, 0.4) is 0 Å². The molecule has 0 aromatic heterocycles. The summed E-state index contributed by atoms with van der Waals surface area (Å²) in [6.07, 6.45) is 0.862. The minimum absolute atomic E-state index is 0.336. The van der Waals surface area contributed by atoms with E-state index in [9.17, 15) is 4.39 Å². The van der Waals surface area contributed by atoms with Gasteiger partial charge >= 0.3 is 0 Å². The summed E-state index contributed by atoms with van der Waals surface area (Å²) < 4.78 is 19.3. The molecule has 0 saturated carbocycles. The van der Waals surface area contributed by atoms with Crippen LogP contribution < -0.4 is 10.5 Å². The van der Waals surface area contributed by atoms with Crippen LogP contribution >= 0.6 is 11.6 Å². The van der Waals surface area contributed by atoms with Gasteiger partial charge < -0.3 is 10.5 Å². The quantitative estimate of drug-likeness (QED) is 0.912. The Morgan fingerprint density at radius 1 is 1.26 bits per heavy atom. The summed E-state index contributed by atoms with van der Waals surface area (Å²) in [6.45, 7) is 0.689. The number of ether oxygens (including phenoxy) is 1. The molecule has 0 spiro atoms. The summed E-state index contributed by atoms with van der Waals surface area (Å²) in [5.74, 6) is 0.507. The Hall–Kier alpha value is -1.58. The van der Waals surface area contributed by atoms with Gasteiger partial charge in [-0.15, -0.1) is 0 Å². The Kier molecular flexibility index (Phi) is 3.17. The van der Waals surface area contributed by atoms with E-state index in [-0.39, 0.29) is 5.82 Å². The van der Waals surface area contributed by atoms with Gasteiger partial charge in [0.05, 0.1) is 12.6 Å². The van der Waals surface area contributed by atoms with Crippen molar-refractivity contribution < 1.29 is 9.13 Å². The van der Waals surface area contributed by atoms with Crippen LogP contribution in [-0.4, -0.2) is 6.61 Å². The van der Waals surface area contributed by atoms with E-state index in [0.29, 0.717) is 17.2 Å². The summed E-state index contributed by atoms with van der Waals surface area (Å²) in [6, 6.07) is 9.73. The molecular formula is C15H13ClFNO. The third kappa shape index (κ3) is 2.20. The molecule has 98 valence electrons. The molecule has 1 heterocycles. The lowest BCUT2D eigenvalue weighted by Gasteiger charge is -2.16. The molecule has 3 rings (SSSR count). The van der Waals surface area contributed by atoms with E-state index in [2.05, 4.69) is 0 Å². The standard InChI is InChI=1S/C15H13ClFNO/c16-11-2-1-3-12(17)14(11)15(18)10-4-5-13-9(8-10)6-7-19-13/h1-5,8,15H,6-7,18H2. The summed E-state index contributed by atoms with van der Waals surface area (Å²) >= 11 is 6.05. The smallest absolute Gasteiger partial charge is 0.129 e. The highest BCUT2D eigenvalue weighted by Gasteiger charge is 2.19. The van der Waals surface area contributed by atoms with Crippen LogP contribution in [0.2, 0.25) is 5.02 Å². The van der Waals surface area contributed by atoms with Crippen molar-refractivity contribution in [1.29, 1.82) is 0 Å². The number of nitrogens with two attached hydrogens (primary N) is 1. The summed E-state index contributed by atoms with van der Waals surface area (Å²) in [4.78, 5) is 0. The predicted molar refractivity (Wildman–Crippen MR) is 73.1 cm³/mol. The van der Waals surface area contributed by atoms with Crippen molar-refractivity contribution >= 4 is 11.6 Å². The molecule has 1 aliphatic heterocycles. The molecule has 2 aromatic rings. The van der Waals surface area contributed by atoms with Gasteiger partial charge in [-0.3, -0.25) is 0 Å². The second-order valence-electron chi connectivity index (χ2n) is 4.58. The van der Waals surface area contributed by atoms with Gasteiger partial charge in [0.2, 0.25) is 0 Å². The monoisotopic (exact) mass is 277 g/mol. The van der Waals surface area contributed by atoms with Gasteiger partial charge in [-0.2, -0.15) is 0 Å². The second-order valence-corrected chi connectivity index (χ2v) is 4.99. The number of hydrogen-bond donors (Lipinski definition) is 1. The fourth-order valence-corrected chi connectivity index (χ4v) is 2.65. The number of hydrogen-bond acceptors (Lipinski definition) is 2. The lowest BCUT2D eigenvalue weighted by Crippen LogP contribution is -2.14. The van der Waals surface area contributed by atoms with Gasteiger partial charge in [0.15, 0.2) is 0 Å². The fraction of sp³-hybridized carbons (Fsp3) is 0.200. The molecular weight excluding hydrogens is 265 g/mol. The van der Waals surface area contributed by atoms with Gasteiger partial charge in [-0.25, -0.2) is 4.39 Å². The van der Waals surface area contributed by atoms with Crippen LogP contribution in [0.15, 0.2) is 36.4 Å². The summed E-state index contributed by atoms with van der Waals surface area (Å²) in [5, 5.41) is 0.351. The average Bonchev–Trinajstić information content (AvgIpc) is 2.85. The Morgan fingerprint density at radius 2 is 2.11 bits per heavy atom. The predicted octanol–water partition coefficient (Wildman–Crippen LogP) is 3.46. The van der Waals surface area contributed by atoms with Crippen molar-refractivity contribution in [3.05, 3.63) is 63.9 Å². The van der Waals surface area contributed by atoms with E-state index in [1.165, 1.54) is 6.07 Å². The highest BCUT2D eigenvalue weighted by atomic mass is 35.5. The molecule has 0 bridgehead atoms. The van der Waals surface area contributed by atoms with Gasteiger partial charge in [0.1, 0.15) is 11.6 Å². The average molecular weight is 278 g/mol. The molecule has 1 unspecified atom stereocenters. The molecule has 2 nitrogen and oxygen atoms in total. The van der Waals surface area contributed by atoms with Crippen LogP contribution in [0.4, 0.5) is 4.39 Å². The zero-order valence-corrected chi connectivity index (χ0v) is 11.0. The first-order valence-electron chi connectivity index (χ1n) is 6.12. The van der Waals surface area contributed by atoms with Gasteiger partial charge in [-0.1, -0.05) is 29.8 Å². The summed E-state index contributed by atoms with van der Waals surface area (Å²) in [5.41, 5.74) is 8.44. The van der Waals surface area contributed by atoms with Crippen LogP contribution in [-0.2, 0) is 6.42 Å². The molecule has 4 heteroatoms. The first-order valence-corrected chi connectivity index (χ1v) is 6.50. The van der Waals surface area contributed by atoms with Crippen LogP contribution in [0.1, 0.15) is 22.7 Å². The maximum Gasteiger partial charge on any atom is 0.129 e. The third-order valence-electron chi connectivity index (χ3n) is 3.38. The van der Waals surface area contributed by atoms with Crippen molar-refractivity contribution in [1.82, 2.24) is 0 Å². The van der Waals surface area contributed by atoms with E-state index >= 15 is 0 Å². The first kappa shape index (κ1) is 12.5. The van der Waals surface area contributed by atoms with Crippen molar-refractivity contribution in [2.24, 2.45) is 5.73 Å². The molecule has 0 radical (unpaired) electrons. The molecule has 0 amide bonds. The topological polar surface area (TPSA) is 35.2 Å². The Balaban J connectivity index is 2.02. The van der Waals surface area contributed by atoms with E-state index in [4.69, 9.17) is 22.1 Å². The maximum atomic E-state index is 13.9. The lowest BCUT2D eigenvalue weighted by molar-refractivity contribution is 0.357. The fourth-order valence-electron chi connectivity index (χ4n) is 2.37. The molecule has 2 N–H and O–H groups in total. The normalized spacial score (nSPS) is 14.9. The Bertz CT molecular complexity index is 609. The summed E-state index contributed by atoms with van der Waals surface area (Å²) in [7, 11) is 0. The third-order valence-corrected chi connectivity index (χ3v) is 3.71. The van der Waals surface area contributed by atoms with Crippen molar-refractivity contribution in [2.75, 3.05) is 6.61 Å². The minimum Gasteiger partial charge on any atom is -0.493 e. The van der Waals surface area contributed by atoms with Crippen LogP contribution in [0.5, 0.6) is 5.75 Å². The number of rotatable bonds is 2. The van der Waals surface area contributed by atoms with Crippen molar-refractivity contribution in [2.45, 2.75) is 12.5 Å². The van der Waals surface area contributed by atoms with Crippen molar-refractivity contribution in [3.63, 3.8) is 0 Å². The molecule has 19 heavy (non-hydrogen) atoms. The van der Waals surface area contributed by atoms with E-state index < -0.39 is 6.04 Å². The second kappa shape index (κ2) is 4.83. The molecule has 2 aromatic carbocycles. The van der Waals surface area contributed by atoms with Gasteiger partial charge in [-0.05, 0) is 29.3 Å². The highest BCUT2D eigenvalue weighted by Crippen LogP contribution is 2.32. The van der Waals surface area contributed by atoms with Gasteiger partial charge in [0, 0.05) is 17.0 Å². The van der Waals surface area contributed by atoms with Gasteiger partial charge in [0.25, 0.3) is 0 Å². The van der Waals surface area contributed by atoms with E-state index in [1.807, 2.05) is 18.2 Å². The largest absolute Gasteiger partial charge is 0.493 e. The van der Waals surface area contributed by atoms with E-state index in [1.54, 1.807) is 12.1 Å². The molecule has 1 atom stereocenters. The number of fused-ring (bicyclic) bond motifs is 1. The number of halogens is 2. The van der Waals surface area contributed by atoms with Crippen LogP contribution in [0, 0.1) is 5.82 Å². The van der Waals surface area contributed by atoms with E-state index in [0.717, 1.165) is 23.3 Å². The first-order chi connectivity index (χ1) is 9.16. The van der Waals surface area contributed by atoms with Crippen molar-refractivity contribution in [3.8, 4) is 5.75 Å². The SMILES string of the molecule is NC(c1ccc2c(c1)CCO2)c1c(F)cccc1Cl. The maximum absolute atomic E-state index is 13.9. The Morgan fingerprint density at radius 3 is 2.89 bits per heavy atom. The number of benzene rings is 2. The molecule has 0 aliphatic carbocycles. The minimum atomic E-state index is -0.570. The Labute approximate surface area is 115 Å². The highest BCUT2D eigenvalue weighted by molar-refractivity contribution is 6.31. The zero-order valence-electron chi connectivity index (χ0n) is 10.2. The zero-order chi connectivity index (χ0) is 13.4. The lowest BCUT2D eigenvalue weighted by atomic mass is 9.97. The molecule has 0 fully saturated rings. The van der Waals surface area contributed by atoms with Crippen LogP contribution in [0.25, 0.3) is 0 Å².